The molecule has 8 aromatic rings. The standard InChI is InChI=1S/C27H33N7O4.C22H20FN5O4.C5H14N2/c1-18(2)32-20-9-7-8-10-21(20)33(27(32)35)26-11-12-28-25(29-26)16-19-15-23(34(36)37)22(17-24(19)38-6)31(5)14-13-30(3)4;1-13(2)26-16-6-4-5-7-17(16)27(22(26)29)21-8-9-24-20(25-21)11-14-10-18(28(30)31)15(23)12-19(14)32-3;1-6-4-5-7(2)3/h7-12,15,17-18H,13-14,16H2,1-6H3;4-10,12-13H,11H2,1-3H3;6H,4-5H2,1-3H3. The van der Waals surface area contributed by atoms with Gasteiger partial charge in [-0.15, -0.1) is 0 Å². The Kier molecular flexibility index (Phi) is 19.5. The second-order valence-electron chi connectivity index (χ2n) is 19.1. The highest BCUT2D eigenvalue weighted by atomic mass is 19.1. The fraction of sp³-hybridized carbons (Fsp3) is 0.370. The number of fused-ring (bicyclic) bond motifs is 2. The van der Waals surface area contributed by atoms with Crippen molar-refractivity contribution in [1.82, 2.24) is 53.3 Å². The zero-order valence-corrected chi connectivity index (χ0v) is 45.6. The van der Waals surface area contributed by atoms with Crippen molar-refractivity contribution in [2.24, 2.45) is 0 Å². The van der Waals surface area contributed by atoms with Gasteiger partial charge in [-0.25, -0.2) is 38.7 Å². The molecule has 77 heavy (non-hydrogen) atoms. The molecule has 4 heterocycles. The second kappa shape index (κ2) is 25.9. The smallest absolute Gasteiger partial charge is 0.335 e. The summed E-state index contributed by atoms with van der Waals surface area (Å²) in [5.41, 5.74) is 3.35. The topological polar surface area (TPSA) is 232 Å². The quantitative estimate of drug-likeness (QED) is 0.0621. The lowest BCUT2D eigenvalue weighted by Crippen LogP contribution is -2.29. The van der Waals surface area contributed by atoms with E-state index in [2.05, 4.69) is 44.2 Å². The number of hydrogen-bond acceptors (Lipinski definition) is 16. The molecule has 0 fully saturated rings. The highest BCUT2D eigenvalue weighted by molar-refractivity contribution is 5.79. The number of benzene rings is 4. The number of ether oxygens (including phenoxy) is 2. The summed E-state index contributed by atoms with van der Waals surface area (Å²) in [5, 5.41) is 26.2. The number of methoxy groups -OCH3 is 2. The molecule has 8 rings (SSSR count). The number of nitrogens with zero attached hydrogens (tertiary/aromatic N) is 13. The van der Waals surface area contributed by atoms with Crippen molar-refractivity contribution >= 4 is 39.1 Å². The molecule has 4 aromatic carbocycles. The van der Waals surface area contributed by atoms with Gasteiger partial charge in [-0.2, -0.15) is 4.39 Å². The number of para-hydroxylation sites is 4. The highest BCUT2D eigenvalue weighted by Gasteiger charge is 2.25. The molecule has 23 heteroatoms. The largest absolute Gasteiger partial charge is 0.496 e. The first-order chi connectivity index (χ1) is 36.7. The highest BCUT2D eigenvalue weighted by Crippen LogP contribution is 2.36. The fourth-order valence-electron chi connectivity index (χ4n) is 8.56. The normalized spacial score (nSPS) is 11.3. The lowest BCUT2D eigenvalue weighted by molar-refractivity contribution is -0.387. The van der Waals surface area contributed by atoms with Gasteiger partial charge in [0.05, 0.1) is 46.1 Å². The van der Waals surface area contributed by atoms with Gasteiger partial charge >= 0.3 is 17.1 Å². The Hall–Kier alpha value is -8.41. The van der Waals surface area contributed by atoms with Crippen LogP contribution in [0.2, 0.25) is 0 Å². The van der Waals surface area contributed by atoms with Crippen molar-refractivity contribution < 1.29 is 23.7 Å². The van der Waals surface area contributed by atoms with Gasteiger partial charge in [-0.1, -0.05) is 24.3 Å². The van der Waals surface area contributed by atoms with E-state index in [1.54, 1.807) is 38.1 Å². The number of halogens is 1. The van der Waals surface area contributed by atoms with E-state index in [9.17, 15) is 34.2 Å². The van der Waals surface area contributed by atoms with Crippen molar-refractivity contribution in [1.29, 1.82) is 0 Å². The molecule has 0 aliphatic rings. The SMILES string of the molecule is CNCCN(C)C.COc1cc(F)c([N+](=O)[O-])cc1Cc1nccc(-n2c(=O)n(C(C)C)c3ccccc32)n1.COc1cc(N(C)CCN(C)C)c([N+](=O)[O-])cc1Cc1nccc(-n2c(=O)n(C(C)C)c3ccccc32)n1. The summed E-state index contributed by atoms with van der Waals surface area (Å²) in [4.78, 5) is 72.3. The van der Waals surface area contributed by atoms with E-state index in [-0.39, 0.29) is 52.7 Å². The third-order valence-corrected chi connectivity index (χ3v) is 12.4. The first-order valence-electron chi connectivity index (χ1n) is 24.8. The first kappa shape index (κ1) is 57.9. The number of hydrogen-bond donors (Lipinski definition) is 1. The third kappa shape index (κ3) is 13.5. The van der Waals surface area contributed by atoms with Crippen LogP contribution in [0.5, 0.6) is 11.5 Å². The van der Waals surface area contributed by atoms with Gasteiger partial charge in [-0.05, 0) is 99.3 Å². The van der Waals surface area contributed by atoms with Crippen LogP contribution in [-0.2, 0) is 12.8 Å². The summed E-state index contributed by atoms with van der Waals surface area (Å²) in [7, 11) is 14.7. The lowest BCUT2D eigenvalue weighted by Gasteiger charge is -2.22. The summed E-state index contributed by atoms with van der Waals surface area (Å²) in [5.74, 6) is 1.18. The van der Waals surface area contributed by atoms with E-state index in [4.69, 9.17) is 9.47 Å². The average molecular weight is 1060 g/mol. The number of likely N-dealkylation sites (N-methyl/N-ethyl adjacent to an activating group) is 4. The van der Waals surface area contributed by atoms with Gasteiger partial charge in [0.15, 0.2) is 0 Å². The van der Waals surface area contributed by atoms with Crippen molar-refractivity contribution in [3.8, 4) is 23.1 Å². The van der Waals surface area contributed by atoms with Gasteiger partial charge in [0, 0.05) is 106 Å². The van der Waals surface area contributed by atoms with E-state index in [0.717, 1.165) is 48.3 Å². The van der Waals surface area contributed by atoms with Crippen LogP contribution >= 0.6 is 0 Å². The molecule has 408 valence electrons. The molecule has 0 saturated heterocycles. The van der Waals surface area contributed by atoms with Crippen LogP contribution in [0.25, 0.3) is 33.7 Å². The zero-order chi connectivity index (χ0) is 56.2. The molecular weight excluding hydrogens is 992 g/mol. The molecule has 4 aromatic heterocycles. The molecule has 22 nitrogen and oxygen atoms in total. The van der Waals surface area contributed by atoms with Crippen LogP contribution in [0.4, 0.5) is 21.5 Å². The molecule has 0 bridgehead atoms. The minimum absolute atomic E-state index is 0.0190. The summed E-state index contributed by atoms with van der Waals surface area (Å²) >= 11 is 0. The molecule has 0 amide bonds. The summed E-state index contributed by atoms with van der Waals surface area (Å²) in [6, 6.07) is 23.5. The van der Waals surface area contributed by atoms with Crippen LogP contribution in [0, 0.1) is 26.0 Å². The van der Waals surface area contributed by atoms with E-state index >= 15 is 0 Å². The van der Waals surface area contributed by atoms with Crippen molar-refractivity contribution in [2.45, 2.75) is 52.6 Å². The number of nitrogens with one attached hydrogen (secondary N) is 1. The Balaban J connectivity index is 0.000000224. The van der Waals surface area contributed by atoms with Crippen molar-refractivity contribution in [2.75, 3.05) is 87.6 Å². The number of rotatable bonds is 19. The van der Waals surface area contributed by atoms with Gasteiger partial charge in [0.2, 0.25) is 5.82 Å². The Bertz CT molecular complexity index is 3480. The summed E-state index contributed by atoms with van der Waals surface area (Å²) in [6.45, 7) is 11.3. The van der Waals surface area contributed by atoms with Crippen LogP contribution in [-0.4, -0.2) is 141 Å². The maximum Gasteiger partial charge on any atom is 0.335 e. The Labute approximate surface area is 445 Å². The number of imidazole rings is 2. The van der Waals surface area contributed by atoms with Crippen LogP contribution in [0.15, 0.2) is 107 Å². The molecule has 0 spiro atoms. The molecule has 0 unspecified atom stereocenters. The maximum absolute atomic E-state index is 14.0. The number of nitro benzene ring substituents is 2. The van der Waals surface area contributed by atoms with Crippen molar-refractivity contribution in [3.63, 3.8) is 0 Å². The predicted molar refractivity (Wildman–Crippen MR) is 296 cm³/mol. The van der Waals surface area contributed by atoms with Crippen LogP contribution in [0.3, 0.4) is 0 Å². The van der Waals surface area contributed by atoms with Crippen LogP contribution < -0.4 is 31.1 Å². The summed E-state index contributed by atoms with van der Waals surface area (Å²) in [6.07, 6.45) is 3.35. The Morgan fingerprint density at radius 3 is 1.44 bits per heavy atom. The molecular formula is C54H67FN14O8. The van der Waals surface area contributed by atoms with E-state index < -0.39 is 16.4 Å². The number of anilines is 1. The minimum Gasteiger partial charge on any atom is -0.496 e. The summed E-state index contributed by atoms with van der Waals surface area (Å²) < 4.78 is 31.2. The average Bonchev–Trinajstić information content (AvgIpc) is 3.89. The third-order valence-electron chi connectivity index (χ3n) is 12.4. The van der Waals surface area contributed by atoms with Gasteiger partial charge in [0.1, 0.15) is 40.5 Å². The lowest BCUT2D eigenvalue weighted by atomic mass is 10.1. The Morgan fingerprint density at radius 1 is 0.623 bits per heavy atom. The maximum atomic E-state index is 14.0. The molecule has 0 aliphatic carbocycles. The zero-order valence-electron chi connectivity index (χ0n) is 45.6. The Morgan fingerprint density at radius 2 is 1.05 bits per heavy atom. The van der Waals surface area contributed by atoms with Gasteiger partial charge in [-0.3, -0.25) is 29.4 Å². The molecule has 1 N–H and O–H groups in total. The van der Waals surface area contributed by atoms with Crippen LogP contribution in [0.1, 0.15) is 62.6 Å². The van der Waals surface area contributed by atoms with Gasteiger partial charge < -0.3 is 29.5 Å². The fourth-order valence-corrected chi connectivity index (χ4v) is 8.56. The first-order valence-corrected chi connectivity index (χ1v) is 24.8. The number of nitro groups is 2. The van der Waals surface area contributed by atoms with E-state index in [1.165, 1.54) is 31.0 Å². The monoisotopic (exact) mass is 1060 g/mol. The second-order valence-corrected chi connectivity index (χ2v) is 19.1. The minimum atomic E-state index is -0.988. The van der Waals surface area contributed by atoms with Crippen molar-refractivity contribution in [3.05, 3.63) is 167 Å². The predicted octanol–water partition coefficient (Wildman–Crippen LogP) is 7.25. The van der Waals surface area contributed by atoms with Gasteiger partial charge in [0.25, 0.3) is 5.69 Å². The van der Waals surface area contributed by atoms with E-state index in [1.807, 2.05) is 114 Å². The molecule has 0 aliphatic heterocycles. The molecule has 0 radical (unpaired) electrons. The molecule has 0 saturated carbocycles. The van der Waals surface area contributed by atoms with E-state index in [0.29, 0.717) is 57.9 Å². The molecule has 0 atom stereocenters. The number of aromatic nitrogens is 8.